The number of hydrogen-bond donors (Lipinski definition) is 4. The standard InChI is InChI=1S/2C31H32ClFN2O3/c2*1-2-26(36)19-11-13-21(14-12-19)35-18-31(20-7-4-3-5-8-20)17-23-27(38-31)16-15-24(32)28(23)29-22(30(34)37)9-6-10-25(29)33/h2*3-10,15-16,19,21,35H,2,11-14,17-18H2,1H3,(H2,34,37)/t2*19?,21?,31-/m11/s1. The summed E-state index contributed by atoms with van der Waals surface area (Å²) in [6, 6.07) is 36.0. The van der Waals surface area contributed by atoms with Gasteiger partial charge in [-0.1, -0.05) is 110 Å². The van der Waals surface area contributed by atoms with Crippen molar-refractivity contribution in [2.45, 2.75) is 114 Å². The van der Waals surface area contributed by atoms with Crippen molar-refractivity contribution in [2.75, 3.05) is 13.1 Å². The molecule has 76 heavy (non-hydrogen) atoms. The second-order valence-corrected chi connectivity index (χ2v) is 21.4. The van der Waals surface area contributed by atoms with E-state index in [0.29, 0.717) is 83.0 Å². The van der Waals surface area contributed by atoms with Gasteiger partial charge in [-0.15, -0.1) is 0 Å². The van der Waals surface area contributed by atoms with E-state index in [9.17, 15) is 19.2 Å². The molecule has 14 heteroatoms. The van der Waals surface area contributed by atoms with Crippen molar-refractivity contribution < 1.29 is 37.4 Å². The highest BCUT2D eigenvalue weighted by molar-refractivity contribution is 6.34. The molecule has 2 heterocycles. The van der Waals surface area contributed by atoms with Gasteiger partial charge in [-0.25, -0.2) is 8.78 Å². The van der Waals surface area contributed by atoms with E-state index in [0.717, 1.165) is 73.6 Å². The largest absolute Gasteiger partial charge is 0.481 e. The molecule has 2 atom stereocenters. The van der Waals surface area contributed by atoms with E-state index >= 15 is 8.78 Å². The minimum absolute atomic E-state index is 0.0778. The first-order valence-electron chi connectivity index (χ1n) is 26.5. The summed E-state index contributed by atoms with van der Waals surface area (Å²) in [4.78, 5) is 48.8. The van der Waals surface area contributed by atoms with E-state index in [4.69, 9.17) is 44.1 Å². The Hall–Kier alpha value is -6.44. The Kier molecular flexibility index (Phi) is 16.8. The van der Waals surface area contributed by atoms with Crippen molar-refractivity contribution in [3.8, 4) is 33.8 Å². The molecule has 6 N–H and O–H groups in total. The fourth-order valence-corrected chi connectivity index (χ4v) is 12.5. The van der Waals surface area contributed by atoms with Crippen LogP contribution in [-0.2, 0) is 33.6 Å². The molecule has 0 bridgehead atoms. The van der Waals surface area contributed by atoms with Gasteiger partial charge in [0.2, 0.25) is 11.8 Å². The van der Waals surface area contributed by atoms with Gasteiger partial charge in [0, 0.05) is 117 Å². The topological polar surface area (TPSA) is 163 Å². The fraction of sp³-hybridized carbons (Fsp3) is 0.355. The van der Waals surface area contributed by atoms with Gasteiger partial charge in [-0.3, -0.25) is 19.2 Å². The number of ether oxygens (including phenoxy) is 2. The minimum Gasteiger partial charge on any atom is -0.481 e. The molecule has 0 aromatic heterocycles. The van der Waals surface area contributed by atoms with Crippen molar-refractivity contribution in [1.82, 2.24) is 10.6 Å². The molecular formula is C62H64Cl2F2N4O6. The summed E-state index contributed by atoms with van der Waals surface area (Å²) < 4.78 is 43.8. The van der Waals surface area contributed by atoms with E-state index in [1.165, 1.54) is 36.4 Å². The number of fused-ring (bicyclic) bond motifs is 2. The number of nitrogens with one attached hydrogen (secondary N) is 2. The third-order valence-corrected chi connectivity index (χ3v) is 16.7. The molecule has 0 spiro atoms. The van der Waals surface area contributed by atoms with Gasteiger partial charge >= 0.3 is 0 Å². The number of carbonyl (C=O) groups is 4. The first-order valence-corrected chi connectivity index (χ1v) is 27.2. The number of hydrogen-bond acceptors (Lipinski definition) is 8. The van der Waals surface area contributed by atoms with E-state index in [2.05, 4.69) is 10.6 Å². The Bertz CT molecular complexity index is 2920. The summed E-state index contributed by atoms with van der Waals surface area (Å²) in [5.74, 6) is -0.331. The second-order valence-electron chi connectivity index (χ2n) is 20.6. The van der Waals surface area contributed by atoms with E-state index < -0.39 is 34.7 Å². The zero-order valence-corrected chi connectivity index (χ0v) is 44.4. The maximum Gasteiger partial charge on any atom is 0.249 e. The zero-order chi connectivity index (χ0) is 53.7. The lowest BCUT2D eigenvalue weighted by Gasteiger charge is -2.34. The predicted molar refractivity (Wildman–Crippen MR) is 294 cm³/mol. The highest BCUT2D eigenvalue weighted by Gasteiger charge is 2.46. The van der Waals surface area contributed by atoms with Gasteiger partial charge in [0.25, 0.3) is 0 Å². The smallest absolute Gasteiger partial charge is 0.249 e. The third-order valence-electron chi connectivity index (χ3n) is 16.0. The normalized spacial score (nSPS) is 22.5. The minimum atomic E-state index is -0.753. The van der Waals surface area contributed by atoms with Crippen molar-refractivity contribution in [1.29, 1.82) is 0 Å². The summed E-state index contributed by atoms with van der Waals surface area (Å²) in [7, 11) is 0. The monoisotopic (exact) mass is 1070 g/mol. The van der Waals surface area contributed by atoms with Gasteiger partial charge in [-0.2, -0.15) is 0 Å². The molecule has 6 aromatic rings. The molecule has 2 aliphatic carbocycles. The highest BCUT2D eigenvalue weighted by Crippen LogP contribution is 2.51. The van der Waals surface area contributed by atoms with Crippen molar-refractivity contribution in [3.05, 3.63) is 176 Å². The molecule has 10 nitrogen and oxygen atoms in total. The van der Waals surface area contributed by atoms with Crippen LogP contribution in [0.2, 0.25) is 10.0 Å². The summed E-state index contributed by atoms with van der Waals surface area (Å²) >= 11 is 13.3. The quantitative estimate of drug-likeness (QED) is 0.0744. The predicted octanol–water partition coefficient (Wildman–Crippen LogP) is 12.4. The number of primary amides is 2. The van der Waals surface area contributed by atoms with Gasteiger partial charge < -0.3 is 31.6 Å². The first kappa shape index (κ1) is 54.4. The van der Waals surface area contributed by atoms with Gasteiger partial charge in [0.05, 0.1) is 0 Å². The van der Waals surface area contributed by atoms with Gasteiger partial charge in [0.15, 0.2) is 11.2 Å². The van der Waals surface area contributed by atoms with E-state index in [-0.39, 0.29) is 46.2 Å². The second kappa shape index (κ2) is 23.4. The molecule has 2 aliphatic heterocycles. The molecule has 6 aromatic carbocycles. The maximum atomic E-state index is 15.2. The zero-order valence-electron chi connectivity index (χ0n) is 42.9. The third kappa shape index (κ3) is 11.2. The number of Topliss-reactive ketones (excluding diaryl/α,β-unsaturated/α-hetero) is 2. The summed E-state index contributed by atoms with van der Waals surface area (Å²) in [6.45, 7) is 4.92. The van der Waals surface area contributed by atoms with Crippen LogP contribution in [0.5, 0.6) is 11.5 Å². The summed E-state index contributed by atoms with van der Waals surface area (Å²) in [5, 5.41) is 8.08. The lowest BCUT2D eigenvalue weighted by atomic mass is 9.82. The Morgan fingerprint density at radius 2 is 0.882 bits per heavy atom. The maximum absolute atomic E-state index is 15.2. The average molecular weight is 1070 g/mol. The van der Waals surface area contributed by atoms with Crippen molar-refractivity contribution in [2.24, 2.45) is 23.3 Å². The van der Waals surface area contributed by atoms with Crippen LogP contribution in [0.15, 0.2) is 121 Å². The highest BCUT2D eigenvalue weighted by atomic mass is 35.5. The lowest BCUT2D eigenvalue weighted by Crippen LogP contribution is -2.46. The Balaban J connectivity index is 0.000000186. The van der Waals surface area contributed by atoms with Crippen LogP contribution in [-0.4, -0.2) is 48.6 Å². The number of benzene rings is 6. The number of carbonyl (C=O) groups excluding carboxylic acids is 4. The van der Waals surface area contributed by atoms with Crippen molar-refractivity contribution in [3.63, 3.8) is 0 Å². The molecule has 0 saturated heterocycles. The molecule has 2 saturated carbocycles. The van der Waals surface area contributed by atoms with Crippen molar-refractivity contribution >= 4 is 46.6 Å². The number of halogens is 4. The average Bonchev–Trinajstić information content (AvgIpc) is 4.14. The Labute approximate surface area is 453 Å². The molecule has 2 fully saturated rings. The van der Waals surface area contributed by atoms with Crippen LogP contribution in [0.4, 0.5) is 8.78 Å². The van der Waals surface area contributed by atoms with Gasteiger partial charge in [-0.05, 0) is 111 Å². The first-order chi connectivity index (χ1) is 36.7. The Morgan fingerprint density at radius 3 is 1.22 bits per heavy atom. The molecule has 4 aliphatic rings. The van der Waals surface area contributed by atoms with Gasteiger partial charge in [0.1, 0.15) is 34.7 Å². The number of ketones is 2. The van der Waals surface area contributed by atoms with Crippen LogP contribution < -0.4 is 31.6 Å². The van der Waals surface area contributed by atoms with Crippen LogP contribution in [0.1, 0.15) is 121 Å². The molecular weight excluding hydrogens is 1010 g/mol. The molecule has 10 rings (SSSR count). The fourth-order valence-electron chi connectivity index (χ4n) is 12.0. The molecule has 0 unspecified atom stereocenters. The van der Waals surface area contributed by atoms with E-state index in [1.54, 1.807) is 24.3 Å². The summed E-state index contributed by atoms with van der Waals surface area (Å²) in [5.41, 5.74) is 14.4. The SMILES string of the molecule is CCC(=O)C1CCC(NC[C@@]2(c3ccccc3)Cc3c(ccc(Cl)c3-c3c(F)cccc3C(N)=O)O2)CC1.CCC(=O)C1CCC(NC[C@@]2(c3ccccc3)Cc3c(ccc(Cl)c3-c3c(F)cccc3C(N)=O)O2)CC1. The molecule has 396 valence electrons. The summed E-state index contributed by atoms with van der Waals surface area (Å²) in [6.07, 6.45) is 9.37. The molecule has 2 amide bonds. The van der Waals surface area contributed by atoms with Crippen LogP contribution in [0.25, 0.3) is 22.3 Å². The van der Waals surface area contributed by atoms with Crippen LogP contribution in [0.3, 0.4) is 0 Å². The van der Waals surface area contributed by atoms with E-state index in [1.807, 2.05) is 74.5 Å². The number of nitrogens with two attached hydrogens (primary N) is 2. The number of rotatable bonds is 16. The Morgan fingerprint density at radius 1 is 0.513 bits per heavy atom. The van der Waals surface area contributed by atoms with Crippen LogP contribution >= 0.6 is 23.2 Å². The van der Waals surface area contributed by atoms with Crippen LogP contribution in [0, 0.1) is 23.5 Å². The molecule has 0 radical (unpaired) electrons. The number of amides is 2. The lowest BCUT2D eigenvalue weighted by molar-refractivity contribution is -0.124.